The lowest BCUT2D eigenvalue weighted by Crippen LogP contribution is -2.37. The second kappa shape index (κ2) is 8.96. The van der Waals surface area contributed by atoms with Crippen molar-refractivity contribution in [3.05, 3.63) is 86.7 Å². The van der Waals surface area contributed by atoms with Crippen LogP contribution in [0.4, 0.5) is 10.5 Å². The Hall–Kier alpha value is -3.03. The van der Waals surface area contributed by atoms with Crippen molar-refractivity contribution >= 4 is 34.4 Å². The number of benzene rings is 1. The monoisotopic (exact) mass is 489 g/mol. The number of thiophene rings is 2. The van der Waals surface area contributed by atoms with Crippen molar-refractivity contribution in [3.63, 3.8) is 0 Å². The van der Waals surface area contributed by atoms with E-state index in [1.807, 2.05) is 47.4 Å². The molecule has 0 fully saturated rings. The summed E-state index contributed by atoms with van der Waals surface area (Å²) in [6, 6.07) is 15.9. The Kier molecular flexibility index (Phi) is 5.67. The van der Waals surface area contributed by atoms with Crippen LogP contribution in [-0.2, 0) is 19.4 Å². The van der Waals surface area contributed by atoms with Crippen LogP contribution in [0.3, 0.4) is 0 Å². The molecule has 4 heterocycles. The number of carbonyl (C=O) groups is 1. The maximum absolute atomic E-state index is 13.9. The standard InChI is InChI=1S/C27H27N3O2S2/c1-2-32-19-13-11-18(12-14-19)28-27(31)30-17-21-20-7-3-4-9-23(20)34-26(21)29-15-5-8-22(29)25(30)24-10-6-16-33-24/h5-6,8,10-16,25H,2-4,7,9,17H2,1H3,(H,28,31). The van der Waals surface area contributed by atoms with E-state index in [2.05, 4.69) is 45.7 Å². The topological polar surface area (TPSA) is 46.5 Å². The number of amides is 2. The zero-order valence-corrected chi connectivity index (χ0v) is 20.8. The van der Waals surface area contributed by atoms with Crippen LogP contribution in [-0.4, -0.2) is 22.1 Å². The van der Waals surface area contributed by atoms with E-state index in [0.29, 0.717) is 13.2 Å². The van der Waals surface area contributed by atoms with Crippen LogP contribution >= 0.6 is 22.7 Å². The molecule has 1 atom stereocenters. The molecule has 7 heteroatoms. The van der Waals surface area contributed by atoms with Crippen molar-refractivity contribution in [1.29, 1.82) is 0 Å². The van der Waals surface area contributed by atoms with E-state index in [4.69, 9.17) is 4.74 Å². The quantitative estimate of drug-likeness (QED) is 0.335. The zero-order valence-electron chi connectivity index (χ0n) is 19.1. The highest BCUT2D eigenvalue weighted by Gasteiger charge is 2.36. The van der Waals surface area contributed by atoms with Crippen molar-refractivity contribution < 1.29 is 9.53 Å². The summed E-state index contributed by atoms with van der Waals surface area (Å²) in [7, 11) is 0. The van der Waals surface area contributed by atoms with Crippen LogP contribution in [0.15, 0.2) is 60.1 Å². The van der Waals surface area contributed by atoms with Crippen molar-refractivity contribution in [1.82, 2.24) is 9.47 Å². The molecule has 0 saturated heterocycles. The Bertz CT molecular complexity index is 1300. The predicted octanol–water partition coefficient (Wildman–Crippen LogP) is 7.01. The Balaban J connectivity index is 1.42. The molecule has 3 aromatic heterocycles. The maximum atomic E-state index is 13.9. The number of nitrogens with one attached hydrogen (secondary N) is 1. The summed E-state index contributed by atoms with van der Waals surface area (Å²) >= 11 is 3.62. The van der Waals surface area contributed by atoms with E-state index in [0.717, 1.165) is 30.0 Å². The second-order valence-corrected chi connectivity index (χ2v) is 10.8. The first kappa shape index (κ1) is 21.5. The molecule has 0 bridgehead atoms. The molecule has 0 spiro atoms. The van der Waals surface area contributed by atoms with Gasteiger partial charge in [-0.05, 0) is 86.0 Å². The van der Waals surface area contributed by atoms with Gasteiger partial charge in [-0.1, -0.05) is 6.07 Å². The molecule has 34 heavy (non-hydrogen) atoms. The minimum absolute atomic E-state index is 0.0843. The molecule has 4 aromatic rings. The van der Waals surface area contributed by atoms with E-state index in [1.165, 1.54) is 38.7 Å². The van der Waals surface area contributed by atoms with Crippen molar-refractivity contribution in [2.75, 3.05) is 11.9 Å². The predicted molar refractivity (Wildman–Crippen MR) is 139 cm³/mol. The van der Waals surface area contributed by atoms with Gasteiger partial charge in [-0.15, -0.1) is 22.7 Å². The number of urea groups is 1. The van der Waals surface area contributed by atoms with Crippen LogP contribution in [0, 0.1) is 0 Å². The van der Waals surface area contributed by atoms with Crippen molar-refractivity contribution in [3.8, 4) is 10.8 Å². The number of nitrogens with zero attached hydrogens (tertiary/aromatic N) is 2. The number of aromatic nitrogens is 1. The molecule has 1 aliphatic heterocycles. The van der Waals surface area contributed by atoms with Gasteiger partial charge in [-0.2, -0.15) is 0 Å². The first-order valence-electron chi connectivity index (χ1n) is 11.9. The first-order chi connectivity index (χ1) is 16.7. The molecule has 1 unspecified atom stereocenters. The molecular weight excluding hydrogens is 462 g/mol. The van der Waals surface area contributed by atoms with Gasteiger partial charge in [0.25, 0.3) is 0 Å². The molecule has 0 radical (unpaired) electrons. The first-order valence-corrected chi connectivity index (χ1v) is 13.6. The van der Waals surface area contributed by atoms with E-state index in [-0.39, 0.29) is 12.1 Å². The summed E-state index contributed by atoms with van der Waals surface area (Å²) in [6.45, 7) is 3.19. The van der Waals surface area contributed by atoms with Crippen LogP contribution < -0.4 is 10.1 Å². The lowest BCUT2D eigenvalue weighted by Gasteiger charge is -2.30. The minimum Gasteiger partial charge on any atom is -0.494 e. The summed E-state index contributed by atoms with van der Waals surface area (Å²) in [5.41, 5.74) is 4.70. The Morgan fingerprint density at radius 2 is 1.94 bits per heavy atom. The smallest absolute Gasteiger partial charge is 0.323 e. The van der Waals surface area contributed by atoms with Gasteiger partial charge in [0, 0.05) is 27.2 Å². The normalized spacial score (nSPS) is 16.9. The van der Waals surface area contributed by atoms with Crippen LogP contribution in [0.5, 0.6) is 5.75 Å². The number of ether oxygens (including phenoxy) is 1. The van der Waals surface area contributed by atoms with E-state index >= 15 is 0 Å². The van der Waals surface area contributed by atoms with Crippen molar-refractivity contribution in [2.24, 2.45) is 0 Å². The van der Waals surface area contributed by atoms with Gasteiger partial charge >= 0.3 is 6.03 Å². The molecular formula is C27H27N3O2S2. The summed E-state index contributed by atoms with van der Waals surface area (Å²) in [5.74, 6) is 0.805. The molecule has 1 N–H and O–H groups in total. The summed E-state index contributed by atoms with van der Waals surface area (Å²) in [5, 5.41) is 6.53. The Labute approximate surface area is 207 Å². The summed E-state index contributed by atoms with van der Waals surface area (Å²) in [6.07, 6.45) is 6.89. The molecule has 0 saturated carbocycles. The van der Waals surface area contributed by atoms with Crippen LogP contribution in [0.1, 0.15) is 52.4 Å². The van der Waals surface area contributed by atoms with Crippen molar-refractivity contribution in [2.45, 2.75) is 45.2 Å². The largest absolute Gasteiger partial charge is 0.494 e. The lowest BCUT2D eigenvalue weighted by molar-refractivity contribution is 0.195. The number of carbonyl (C=O) groups excluding carboxylic acids is 1. The fourth-order valence-corrected chi connectivity index (χ4v) is 7.38. The fourth-order valence-electron chi connectivity index (χ4n) is 5.13. The van der Waals surface area contributed by atoms with E-state index in [1.54, 1.807) is 11.3 Å². The maximum Gasteiger partial charge on any atom is 0.323 e. The fraction of sp³-hybridized carbons (Fsp3) is 0.296. The van der Waals surface area contributed by atoms with Gasteiger partial charge in [0.15, 0.2) is 0 Å². The van der Waals surface area contributed by atoms with Gasteiger partial charge in [0.05, 0.1) is 18.8 Å². The number of hydrogen-bond donors (Lipinski definition) is 1. The molecule has 1 aromatic carbocycles. The molecule has 2 amide bonds. The Morgan fingerprint density at radius 1 is 1.09 bits per heavy atom. The van der Waals surface area contributed by atoms with Crippen LogP contribution in [0.2, 0.25) is 0 Å². The van der Waals surface area contributed by atoms with Gasteiger partial charge in [-0.3, -0.25) is 0 Å². The van der Waals surface area contributed by atoms with Gasteiger partial charge in [0.1, 0.15) is 16.8 Å². The van der Waals surface area contributed by atoms with Gasteiger partial charge < -0.3 is 19.5 Å². The zero-order chi connectivity index (χ0) is 23.1. The average Bonchev–Trinajstić information content (AvgIpc) is 3.60. The molecule has 174 valence electrons. The molecule has 1 aliphatic carbocycles. The number of fused-ring (bicyclic) bond motifs is 5. The van der Waals surface area contributed by atoms with Gasteiger partial charge in [-0.25, -0.2) is 4.79 Å². The highest BCUT2D eigenvalue weighted by Crippen LogP contribution is 2.44. The molecule has 2 aliphatic rings. The third-order valence-corrected chi connectivity index (χ3v) is 8.93. The highest BCUT2D eigenvalue weighted by atomic mass is 32.1. The third-order valence-electron chi connectivity index (χ3n) is 6.67. The number of anilines is 1. The van der Waals surface area contributed by atoms with E-state index in [9.17, 15) is 4.79 Å². The average molecular weight is 490 g/mol. The highest BCUT2D eigenvalue weighted by molar-refractivity contribution is 7.15. The lowest BCUT2D eigenvalue weighted by atomic mass is 9.95. The molecule has 6 rings (SSSR count). The van der Waals surface area contributed by atoms with E-state index < -0.39 is 0 Å². The summed E-state index contributed by atoms with van der Waals surface area (Å²) in [4.78, 5) is 18.5. The third kappa shape index (κ3) is 3.73. The number of rotatable bonds is 4. The SMILES string of the molecule is CCOc1ccc(NC(=O)N2Cc3c(sc4c3CCCC4)-n3cccc3C2c2cccs2)cc1. The second-order valence-electron chi connectivity index (χ2n) is 8.73. The minimum atomic E-state index is -0.142. The number of aryl methyl sites for hydroxylation is 1. The molecule has 5 nitrogen and oxygen atoms in total. The number of hydrogen-bond acceptors (Lipinski definition) is 4. The van der Waals surface area contributed by atoms with Gasteiger partial charge in [0.2, 0.25) is 0 Å². The summed E-state index contributed by atoms with van der Waals surface area (Å²) < 4.78 is 7.88. The Morgan fingerprint density at radius 3 is 2.74 bits per heavy atom. The van der Waals surface area contributed by atoms with Crippen LogP contribution in [0.25, 0.3) is 5.00 Å².